The number of piperidine rings is 1. The van der Waals surface area contributed by atoms with Crippen LogP contribution >= 0.6 is 11.3 Å². The number of carbonyl (C=O) groups is 1. The maximum absolute atomic E-state index is 11.5. The molecule has 2 aromatic rings. The molecule has 112 valence electrons. The molecule has 0 aliphatic carbocycles. The summed E-state index contributed by atoms with van der Waals surface area (Å²) in [5.74, 6) is 1.19. The smallest absolute Gasteiger partial charge is 0.219 e. The Labute approximate surface area is 128 Å². The van der Waals surface area contributed by atoms with Crippen molar-refractivity contribution in [1.29, 1.82) is 0 Å². The summed E-state index contributed by atoms with van der Waals surface area (Å²) in [6.45, 7) is 5.59. The summed E-state index contributed by atoms with van der Waals surface area (Å²) >= 11 is 1.72. The number of thiophene rings is 1. The van der Waals surface area contributed by atoms with Crippen LogP contribution in [0.1, 0.15) is 25.3 Å². The Bertz CT molecular complexity index is 661. The second-order valence-corrected chi connectivity index (χ2v) is 6.52. The Hall–Kier alpha value is -1.69. The minimum absolute atomic E-state index is 0.145. The number of carbonyl (C=O) groups excluding carboxylic acids is 1. The first-order chi connectivity index (χ1) is 10.1. The van der Waals surface area contributed by atoms with Gasteiger partial charge in [0.1, 0.15) is 12.1 Å². The molecule has 0 bridgehead atoms. The van der Waals surface area contributed by atoms with Crippen LogP contribution in [0.15, 0.2) is 11.7 Å². The summed E-state index contributed by atoms with van der Waals surface area (Å²) < 4.78 is 1.17. The van der Waals surface area contributed by atoms with E-state index in [9.17, 15) is 4.79 Å². The first-order valence-corrected chi connectivity index (χ1v) is 8.13. The number of anilines is 1. The topological polar surface area (TPSA) is 49.3 Å². The standard InChI is InChI=1S/C15H20N4OS/c1-10-8-21-14-13(10)16-9-17-15(14)19-6-4-12(5-7-19)18(3)11(2)20/h8-9,12H,4-7H2,1-3H3. The monoisotopic (exact) mass is 304 g/mol. The molecule has 0 spiro atoms. The van der Waals surface area contributed by atoms with Crippen molar-refractivity contribution in [3.8, 4) is 0 Å². The molecular weight excluding hydrogens is 284 g/mol. The minimum Gasteiger partial charge on any atom is -0.355 e. The molecule has 1 amide bonds. The predicted octanol–water partition coefficient (Wildman–Crippen LogP) is 2.45. The molecule has 1 fully saturated rings. The van der Waals surface area contributed by atoms with Gasteiger partial charge in [0.2, 0.25) is 5.91 Å². The molecule has 1 aliphatic rings. The van der Waals surface area contributed by atoms with E-state index >= 15 is 0 Å². The van der Waals surface area contributed by atoms with Crippen molar-refractivity contribution < 1.29 is 4.79 Å². The molecule has 0 unspecified atom stereocenters. The van der Waals surface area contributed by atoms with E-state index in [0.29, 0.717) is 6.04 Å². The number of aromatic nitrogens is 2. The molecule has 0 N–H and O–H groups in total. The van der Waals surface area contributed by atoms with Gasteiger partial charge >= 0.3 is 0 Å². The lowest BCUT2D eigenvalue weighted by atomic mass is 10.0. The van der Waals surface area contributed by atoms with Gasteiger partial charge in [-0.3, -0.25) is 4.79 Å². The van der Waals surface area contributed by atoms with Crippen LogP contribution in [0.25, 0.3) is 10.2 Å². The summed E-state index contributed by atoms with van der Waals surface area (Å²) in [7, 11) is 1.90. The van der Waals surface area contributed by atoms with E-state index in [1.165, 1.54) is 10.3 Å². The highest BCUT2D eigenvalue weighted by Crippen LogP contribution is 2.32. The minimum atomic E-state index is 0.145. The largest absolute Gasteiger partial charge is 0.355 e. The van der Waals surface area contributed by atoms with Gasteiger partial charge in [0, 0.05) is 33.1 Å². The third-order valence-electron chi connectivity index (χ3n) is 4.32. The van der Waals surface area contributed by atoms with Crippen LogP contribution in [0.5, 0.6) is 0 Å². The number of fused-ring (bicyclic) bond motifs is 1. The van der Waals surface area contributed by atoms with Gasteiger partial charge in [0.15, 0.2) is 0 Å². The van der Waals surface area contributed by atoms with Crippen molar-refractivity contribution in [2.75, 3.05) is 25.0 Å². The van der Waals surface area contributed by atoms with Gasteiger partial charge in [-0.2, -0.15) is 0 Å². The lowest BCUT2D eigenvalue weighted by Gasteiger charge is -2.37. The Morgan fingerprint density at radius 2 is 2.10 bits per heavy atom. The lowest BCUT2D eigenvalue weighted by Crippen LogP contribution is -2.45. The van der Waals surface area contributed by atoms with E-state index in [0.717, 1.165) is 37.3 Å². The molecular formula is C15H20N4OS. The van der Waals surface area contributed by atoms with E-state index in [1.54, 1.807) is 24.6 Å². The SMILES string of the molecule is CC(=O)N(C)C1CCN(c2ncnc3c(C)csc23)CC1. The molecule has 6 heteroatoms. The van der Waals surface area contributed by atoms with Crippen LogP contribution in [-0.4, -0.2) is 47.0 Å². The molecule has 0 aromatic carbocycles. The normalized spacial score (nSPS) is 16.4. The van der Waals surface area contributed by atoms with Crippen LogP contribution in [0, 0.1) is 6.92 Å². The van der Waals surface area contributed by atoms with Gasteiger partial charge in [-0.25, -0.2) is 9.97 Å². The molecule has 3 heterocycles. The summed E-state index contributed by atoms with van der Waals surface area (Å²) in [4.78, 5) is 24.5. The van der Waals surface area contributed by atoms with E-state index in [2.05, 4.69) is 27.2 Å². The first kappa shape index (κ1) is 14.3. The Balaban J connectivity index is 1.78. The van der Waals surface area contributed by atoms with Gasteiger partial charge in [-0.05, 0) is 30.7 Å². The van der Waals surface area contributed by atoms with Crippen LogP contribution in [-0.2, 0) is 4.79 Å². The zero-order valence-corrected chi connectivity index (χ0v) is 13.5. The fraction of sp³-hybridized carbons (Fsp3) is 0.533. The number of nitrogens with zero attached hydrogens (tertiary/aromatic N) is 4. The van der Waals surface area contributed by atoms with E-state index < -0.39 is 0 Å². The Morgan fingerprint density at radius 3 is 2.76 bits per heavy atom. The van der Waals surface area contributed by atoms with Gasteiger partial charge < -0.3 is 9.80 Å². The predicted molar refractivity (Wildman–Crippen MR) is 85.8 cm³/mol. The highest BCUT2D eigenvalue weighted by atomic mass is 32.1. The van der Waals surface area contributed by atoms with E-state index in [4.69, 9.17) is 0 Å². The first-order valence-electron chi connectivity index (χ1n) is 7.25. The molecule has 0 saturated carbocycles. The van der Waals surface area contributed by atoms with Crippen LogP contribution in [0.3, 0.4) is 0 Å². The molecule has 21 heavy (non-hydrogen) atoms. The number of aryl methyl sites for hydroxylation is 1. The maximum Gasteiger partial charge on any atom is 0.219 e. The summed E-state index contributed by atoms with van der Waals surface area (Å²) in [5.41, 5.74) is 2.28. The fourth-order valence-electron chi connectivity index (χ4n) is 2.90. The summed E-state index contributed by atoms with van der Waals surface area (Å²) in [6.07, 6.45) is 3.64. The zero-order valence-electron chi connectivity index (χ0n) is 12.7. The highest BCUT2D eigenvalue weighted by molar-refractivity contribution is 7.18. The molecule has 3 rings (SSSR count). The molecule has 5 nitrogen and oxygen atoms in total. The second-order valence-electron chi connectivity index (χ2n) is 5.64. The van der Waals surface area contributed by atoms with Crippen molar-refractivity contribution in [3.05, 3.63) is 17.3 Å². The molecule has 2 aromatic heterocycles. The second kappa shape index (κ2) is 5.60. The third-order valence-corrected chi connectivity index (χ3v) is 5.40. The van der Waals surface area contributed by atoms with Crippen molar-refractivity contribution in [1.82, 2.24) is 14.9 Å². The van der Waals surface area contributed by atoms with Gasteiger partial charge in [0.05, 0.1) is 10.2 Å². The quantitative estimate of drug-likeness (QED) is 0.855. The fourth-order valence-corrected chi connectivity index (χ4v) is 3.92. The molecule has 1 saturated heterocycles. The number of hydrogen-bond acceptors (Lipinski definition) is 5. The van der Waals surface area contributed by atoms with Crippen molar-refractivity contribution in [3.63, 3.8) is 0 Å². The summed E-state index contributed by atoms with van der Waals surface area (Å²) in [6, 6.07) is 0.348. The third kappa shape index (κ3) is 2.60. The number of rotatable bonds is 2. The molecule has 1 aliphatic heterocycles. The molecule has 0 atom stereocenters. The molecule has 0 radical (unpaired) electrons. The lowest BCUT2D eigenvalue weighted by molar-refractivity contribution is -0.129. The van der Waals surface area contributed by atoms with Crippen molar-refractivity contribution in [2.45, 2.75) is 32.7 Å². The Morgan fingerprint density at radius 1 is 1.38 bits per heavy atom. The Kier molecular flexibility index (Phi) is 3.80. The van der Waals surface area contributed by atoms with Crippen molar-refractivity contribution >= 4 is 33.3 Å². The van der Waals surface area contributed by atoms with Crippen LogP contribution in [0.2, 0.25) is 0 Å². The van der Waals surface area contributed by atoms with Crippen LogP contribution in [0.4, 0.5) is 5.82 Å². The van der Waals surface area contributed by atoms with Crippen LogP contribution < -0.4 is 4.90 Å². The van der Waals surface area contributed by atoms with Gasteiger partial charge in [-0.1, -0.05) is 0 Å². The van der Waals surface area contributed by atoms with Gasteiger partial charge in [0.25, 0.3) is 0 Å². The number of amides is 1. The van der Waals surface area contributed by atoms with Crippen molar-refractivity contribution in [2.24, 2.45) is 0 Å². The maximum atomic E-state index is 11.5. The number of hydrogen-bond donors (Lipinski definition) is 0. The zero-order chi connectivity index (χ0) is 15.0. The summed E-state index contributed by atoms with van der Waals surface area (Å²) in [5, 5.41) is 2.14. The average molecular weight is 304 g/mol. The highest BCUT2D eigenvalue weighted by Gasteiger charge is 2.25. The van der Waals surface area contributed by atoms with E-state index in [1.807, 2.05) is 11.9 Å². The van der Waals surface area contributed by atoms with Gasteiger partial charge in [-0.15, -0.1) is 11.3 Å². The average Bonchev–Trinajstić information content (AvgIpc) is 2.88. The van der Waals surface area contributed by atoms with E-state index in [-0.39, 0.29) is 5.91 Å².